The molecule has 66 heavy (non-hydrogen) atoms. The van der Waals surface area contributed by atoms with Crippen LogP contribution in [-0.2, 0) is 23.7 Å². The molecule has 12 atom stereocenters. The maximum Gasteiger partial charge on any atom is 0.220 e. The summed E-state index contributed by atoms with van der Waals surface area (Å²) in [5, 5.41) is 86.2. The molecule has 2 rings (SSSR count). The molecular weight excluding hydrogens is 847 g/mol. The Balaban J connectivity index is 1.56. The minimum absolute atomic E-state index is 0.211. The molecule has 0 aromatic carbocycles. The van der Waals surface area contributed by atoms with Gasteiger partial charge >= 0.3 is 0 Å². The zero-order valence-electron chi connectivity index (χ0n) is 41.7. The van der Waals surface area contributed by atoms with Gasteiger partial charge in [0.05, 0.1) is 32.0 Å². The van der Waals surface area contributed by atoms with Crippen LogP contribution < -0.4 is 5.32 Å². The Labute approximate surface area is 400 Å². The van der Waals surface area contributed by atoms with Gasteiger partial charge in [0.15, 0.2) is 12.6 Å². The molecule has 1 amide bonds. The summed E-state index contributed by atoms with van der Waals surface area (Å²) >= 11 is 0. The van der Waals surface area contributed by atoms with Crippen LogP contribution in [-0.4, -0.2) is 140 Å². The molecule has 14 heteroatoms. The number of aliphatic hydroxyl groups is 8. The SMILES string of the molecule is CCCCCCCCCCCCCCCCCCCCCCCCCCCCCCC(=O)NC(COC1OC(CO)C(OC2OC(CO)C(O)C(O)C2O)C(O)C1O)C(O)CCCCCC. The van der Waals surface area contributed by atoms with E-state index in [0.717, 1.165) is 51.4 Å². The topological polar surface area (TPSA) is 228 Å². The van der Waals surface area contributed by atoms with E-state index in [4.69, 9.17) is 18.9 Å². The van der Waals surface area contributed by atoms with Crippen molar-refractivity contribution in [1.29, 1.82) is 0 Å². The Morgan fingerprint density at radius 3 is 1.29 bits per heavy atom. The lowest BCUT2D eigenvalue weighted by atomic mass is 9.97. The van der Waals surface area contributed by atoms with Crippen LogP contribution in [0.2, 0.25) is 0 Å². The van der Waals surface area contributed by atoms with Crippen molar-refractivity contribution in [3.63, 3.8) is 0 Å². The first-order chi connectivity index (χ1) is 32.1. The Hall–Kier alpha value is -1.01. The lowest BCUT2D eigenvalue weighted by Gasteiger charge is -2.46. The van der Waals surface area contributed by atoms with E-state index in [1.165, 1.54) is 154 Å². The van der Waals surface area contributed by atoms with Gasteiger partial charge in [-0.25, -0.2) is 0 Å². The smallest absolute Gasteiger partial charge is 0.220 e. The summed E-state index contributed by atoms with van der Waals surface area (Å²) in [5.41, 5.74) is 0. The number of unbranched alkanes of at least 4 members (excludes halogenated alkanes) is 30. The standard InChI is InChI=1S/C52H101NO13/c1-3-5-7-9-10-11-12-13-14-15-16-17-18-19-20-21-22-23-24-25-26-27-28-29-30-31-32-34-36-44(57)53-40(41(56)35-33-8-6-4-2)39-63-51-49(62)47(60)50(43(38-55)65-51)66-52-48(61)46(59)45(58)42(37-54)64-52/h40-43,45-52,54-56,58-62H,3-39H2,1-2H3,(H,53,57). The number of rotatable bonds is 43. The van der Waals surface area contributed by atoms with Crippen molar-refractivity contribution in [2.75, 3.05) is 19.8 Å². The minimum Gasteiger partial charge on any atom is -0.394 e. The molecule has 0 bridgehead atoms. The van der Waals surface area contributed by atoms with E-state index in [0.29, 0.717) is 12.8 Å². The molecule has 12 unspecified atom stereocenters. The number of ether oxygens (including phenoxy) is 4. The number of hydrogen-bond donors (Lipinski definition) is 9. The third-order valence-corrected chi connectivity index (χ3v) is 13.8. The van der Waals surface area contributed by atoms with Gasteiger partial charge < -0.3 is 65.1 Å². The van der Waals surface area contributed by atoms with Crippen LogP contribution in [0.25, 0.3) is 0 Å². The zero-order chi connectivity index (χ0) is 48.2. The van der Waals surface area contributed by atoms with Crippen molar-refractivity contribution in [3.05, 3.63) is 0 Å². The van der Waals surface area contributed by atoms with Crippen LogP contribution >= 0.6 is 0 Å². The van der Waals surface area contributed by atoms with E-state index in [9.17, 15) is 45.6 Å². The van der Waals surface area contributed by atoms with Crippen LogP contribution in [0, 0.1) is 0 Å². The molecule has 0 aromatic heterocycles. The second-order valence-electron chi connectivity index (χ2n) is 19.7. The third kappa shape index (κ3) is 26.3. The van der Waals surface area contributed by atoms with Crippen LogP contribution in [0.4, 0.5) is 0 Å². The number of carbonyl (C=O) groups excluding carboxylic acids is 1. The zero-order valence-corrected chi connectivity index (χ0v) is 41.7. The van der Waals surface area contributed by atoms with Crippen molar-refractivity contribution < 1.29 is 64.6 Å². The van der Waals surface area contributed by atoms with Gasteiger partial charge in [0, 0.05) is 6.42 Å². The normalized spacial score (nSPS) is 26.7. The van der Waals surface area contributed by atoms with Crippen LogP contribution in [0.15, 0.2) is 0 Å². The third-order valence-electron chi connectivity index (χ3n) is 13.8. The predicted molar refractivity (Wildman–Crippen MR) is 259 cm³/mol. The van der Waals surface area contributed by atoms with Crippen LogP contribution in [0.3, 0.4) is 0 Å². The van der Waals surface area contributed by atoms with Gasteiger partial charge in [-0.05, 0) is 12.8 Å². The molecule has 0 aliphatic carbocycles. The molecule has 0 spiro atoms. The van der Waals surface area contributed by atoms with Crippen molar-refractivity contribution >= 4 is 5.91 Å². The molecule has 392 valence electrons. The maximum absolute atomic E-state index is 13.1. The average molecular weight is 948 g/mol. The highest BCUT2D eigenvalue weighted by molar-refractivity contribution is 5.76. The van der Waals surface area contributed by atoms with Crippen molar-refractivity contribution in [2.24, 2.45) is 0 Å². The molecule has 2 saturated heterocycles. The highest BCUT2D eigenvalue weighted by Crippen LogP contribution is 2.30. The number of aliphatic hydroxyl groups excluding tert-OH is 8. The molecule has 2 aliphatic heterocycles. The number of carbonyl (C=O) groups is 1. The Kier molecular flexibility index (Phi) is 36.7. The number of hydrogen-bond acceptors (Lipinski definition) is 13. The summed E-state index contributed by atoms with van der Waals surface area (Å²) < 4.78 is 22.6. The fourth-order valence-electron chi connectivity index (χ4n) is 9.36. The van der Waals surface area contributed by atoms with Gasteiger partial charge in [-0.3, -0.25) is 4.79 Å². The van der Waals surface area contributed by atoms with E-state index in [1.807, 2.05) is 0 Å². The molecular formula is C52H101NO13. The largest absolute Gasteiger partial charge is 0.394 e. The molecule has 9 N–H and O–H groups in total. The number of amides is 1. The number of nitrogens with one attached hydrogen (secondary N) is 1. The van der Waals surface area contributed by atoms with E-state index in [1.54, 1.807) is 0 Å². The van der Waals surface area contributed by atoms with Crippen molar-refractivity contribution in [3.8, 4) is 0 Å². The first-order valence-corrected chi connectivity index (χ1v) is 27.3. The van der Waals surface area contributed by atoms with E-state index < -0.39 is 86.8 Å². The van der Waals surface area contributed by atoms with Crippen LogP contribution in [0.1, 0.15) is 232 Å². The molecule has 2 aliphatic rings. The first-order valence-electron chi connectivity index (χ1n) is 27.3. The fourth-order valence-corrected chi connectivity index (χ4v) is 9.36. The predicted octanol–water partition coefficient (Wildman–Crippen LogP) is 7.78. The maximum atomic E-state index is 13.1. The summed E-state index contributed by atoms with van der Waals surface area (Å²) in [4.78, 5) is 13.1. The molecule has 0 aromatic rings. The summed E-state index contributed by atoms with van der Waals surface area (Å²) in [6.45, 7) is 2.74. The minimum atomic E-state index is -1.78. The van der Waals surface area contributed by atoms with E-state index in [2.05, 4.69) is 19.2 Å². The summed E-state index contributed by atoms with van der Waals surface area (Å²) in [6, 6.07) is -0.818. The monoisotopic (exact) mass is 948 g/mol. The lowest BCUT2D eigenvalue weighted by molar-refractivity contribution is -0.359. The van der Waals surface area contributed by atoms with Crippen LogP contribution in [0.5, 0.6) is 0 Å². The van der Waals surface area contributed by atoms with E-state index >= 15 is 0 Å². The van der Waals surface area contributed by atoms with Gasteiger partial charge in [0.1, 0.15) is 48.8 Å². The molecule has 2 heterocycles. The van der Waals surface area contributed by atoms with Gasteiger partial charge in [0.2, 0.25) is 5.91 Å². The average Bonchev–Trinajstić information content (AvgIpc) is 3.31. The summed E-state index contributed by atoms with van der Waals surface area (Å²) in [5.74, 6) is -0.211. The van der Waals surface area contributed by atoms with Crippen molar-refractivity contribution in [1.82, 2.24) is 5.32 Å². The molecule has 0 saturated carbocycles. The van der Waals surface area contributed by atoms with Gasteiger partial charge in [0.25, 0.3) is 0 Å². The fraction of sp³-hybridized carbons (Fsp3) is 0.981. The molecule has 14 nitrogen and oxygen atoms in total. The molecule has 2 fully saturated rings. The van der Waals surface area contributed by atoms with Gasteiger partial charge in [-0.1, -0.05) is 213 Å². The first kappa shape index (κ1) is 61.1. The van der Waals surface area contributed by atoms with Crippen molar-refractivity contribution in [2.45, 2.75) is 306 Å². The summed E-state index contributed by atoms with van der Waals surface area (Å²) in [6.07, 6.45) is 25.1. The molecule has 0 radical (unpaired) electrons. The Bertz CT molecular complexity index is 1120. The van der Waals surface area contributed by atoms with Gasteiger partial charge in [-0.15, -0.1) is 0 Å². The Morgan fingerprint density at radius 1 is 0.485 bits per heavy atom. The summed E-state index contributed by atoms with van der Waals surface area (Å²) in [7, 11) is 0. The second-order valence-corrected chi connectivity index (χ2v) is 19.7. The second kappa shape index (κ2) is 39.7. The Morgan fingerprint density at radius 2 is 0.864 bits per heavy atom. The quantitative estimate of drug-likeness (QED) is 0.0267. The highest BCUT2D eigenvalue weighted by atomic mass is 16.7. The van der Waals surface area contributed by atoms with E-state index in [-0.39, 0.29) is 12.5 Å². The van der Waals surface area contributed by atoms with Gasteiger partial charge in [-0.2, -0.15) is 0 Å². The lowest BCUT2D eigenvalue weighted by Crippen LogP contribution is -2.65. The highest BCUT2D eigenvalue weighted by Gasteiger charge is 2.51.